The van der Waals surface area contributed by atoms with Crippen molar-refractivity contribution in [2.45, 2.75) is 138 Å². The van der Waals surface area contributed by atoms with E-state index < -0.39 is 23.9 Å². The zero-order valence-electron chi connectivity index (χ0n) is 61.3. The third-order valence-corrected chi connectivity index (χ3v) is 11.8. The summed E-state index contributed by atoms with van der Waals surface area (Å²) in [5, 5.41) is 25.2. The Morgan fingerprint density at radius 3 is 1.10 bits per heavy atom. The third kappa shape index (κ3) is 80.9. The van der Waals surface area contributed by atoms with Gasteiger partial charge in [0.25, 0.3) is 0 Å². The number of carbonyl (C=O) groups excluding carboxylic acids is 10. The van der Waals surface area contributed by atoms with E-state index >= 15 is 0 Å². The van der Waals surface area contributed by atoms with E-state index in [-0.39, 0.29) is 80.9 Å². The smallest absolute Gasteiger partial charge is 0.333 e. The predicted octanol–water partition coefficient (Wildman–Crippen LogP) is 12.4. The Labute approximate surface area is 605 Å². The van der Waals surface area contributed by atoms with E-state index in [0.717, 1.165) is 118 Å². The van der Waals surface area contributed by atoms with Crippen molar-refractivity contribution in [2.24, 2.45) is 11.3 Å². The van der Waals surface area contributed by atoms with Gasteiger partial charge in [-0.25, -0.2) is 47.9 Å². The van der Waals surface area contributed by atoms with Crippen LogP contribution in [0.4, 0.5) is 0 Å². The van der Waals surface area contributed by atoms with Gasteiger partial charge >= 0.3 is 59.7 Å². The van der Waals surface area contributed by atoms with Gasteiger partial charge in [-0.15, -0.1) is 0 Å². The Kier molecular flexibility index (Phi) is 77.9. The van der Waals surface area contributed by atoms with Crippen molar-refractivity contribution in [3.63, 3.8) is 0 Å². The summed E-state index contributed by atoms with van der Waals surface area (Å²) in [6.07, 6.45) is 22.1. The number of aliphatic hydroxyl groups is 3. The fraction of sp³-hybridized carbons (Fsp3) is 0.462. The number of hydrogen-bond donors (Lipinski definition) is 3. The van der Waals surface area contributed by atoms with Crippen LogP contribution in [-0.2, 0) is 102 Å². The Hall–Kier alpha value is -9.78. The molecule has 0 aliphatic rings. The SMILES string of the molecule is C=C(C)C(=O)OCCCCCCOC(=O)C(=C)C.C=CC(=O)OCC(C)(C)CO.C=CC(=O)OCC(CC)CCCC.C=CC(=O)OCCCCCCOC(=O)C=C.C=CC(=O)OCCCCO.C=CC(=O)OCCO.C=CC(=O)OCCOc1ccccc1.C=CC(=O)OCc1ccccc1. The first-order valence-electron chi connectivity index (χ1n) is 33.2. The second-order valence-electron chi connectivity index (χ2n) is 21.5. The molecule has 1 atom stereocenters. The molecule has 0 saturated heterocycles. The lowest BCUT2D eigenvalue weighted by atomic mass is 9.97. The summed E-state index contributed by atoms with van der Waals surface area (Å²) in [4.78, 5) is 106. The van der Waals surface area contributed by atoms with Crippen LogP contribution in [0.2, 0.25) is 0 Å². The molecule has 24 nitrogen and oxygen atoms in total. The predicted molar refractivity (Wildman–Crippen MR) is 393 cm³/mol. The highest BCUT2D eigenvalue weighted by Gasteiger charge is 2.18. The standard InChI is InChI=1S/C14H22O4.C12H18O4.C11H12O3.C11H20O2.C10H10O2.C8H14O3.C7H12O3.C5H8O3/c1-11(2)13(15)17-9-7-5-6-8-10-18-14(16)12(3)4;1-3-11(13)15-9-7-5-6-8-10-16-12(14)4-2;1-2-11(12)14-9-8-13-10-6-4-3-5-7-10;1-4-7-8-10(5-2)9-13-11(12)6-3;1-2-10(11)12-8-9-6-4-3-5-7-9;1-4-7(10)11-6-8(2,3)5-9;1-2-7(9)10-6-4-3-5-8;1-2-5(7)8-4-3-6/h1,3,5-10H2,2,4H3;3-4H,1-2,5-10H2;2-7H,1,8-9H2;6,10H,3-5,7-9H2,1-2H3;2-7H,1,8H2;4,9H,1,5-6H2,2-3H3;2,8H,1,3-6H2;2,6H,1,3-4H2. The second kappa shape index (κ2) is 77.0. The lowest BCUT2D eigenvalue weighted by Gasteiger charge is -2.20. The van der Waals surface area contributed by atoms with Crippen molar-refractivity contribution in [3.8, 4) is 5.75 Å². The summed E-state index contributed by atoms with van der Waals surface area (Å²) in [7, 11) is 0. The average Bonchev–Trinajstić information content (AvgIpc) is 1.06. The number of para-hydroxylation sites is 1. The van der Waals surface area contributed by atoms with Gasteiger partial charge < -0.3 is 67.4 Å². The van der Waals surface area contributed by atoms with Crippen LogP contribution in [0.5, 0.6) is 5.75 Å². The van der Waals surface area contributed by atoms with Crippen LogP contribution in [0, 0.1) is 11.3 Å². The first-order valence-corrected chi connectivity index (χ1v) is 33.2. The molecule has 2 rings (SSSR count). The van der Waals surface area contributed by atoms with Gasteiger partial charge in [0.2, 0.25) is 0 Å². The lowest BCUT2D eigenvalue weighted by Crippen LogP contribution is -2.24. The van der Waals surface area contributed by atoms with Crippen LogP contribution in [0.15, 0.2) is 186 Å². The molecule has 0 saturated carbocycles. The average molecular weight is 1440 g/mol. The van der Waals surface area contributed by atoms with Crippen LogP contribution >= 0.6 is 0 Å². The molecule has 2 aromatic rings. The van der Waals surface area contributed by atoms with E-state index in [4.69, 9.17) is 58.0 Å². The number of esters is 10. The van der Waals surface area contributed by atoms with E-state index in [1.807, 2.05) is 74.5 Å². The fourth-order valence-corrected chi connectivity index (χ4v) is 6.00. The quantitative estimate of drug-likeness (QED) is 0.0240. The minimum Gasteiger partial charge on any atom is -0.490 e. The number of carbonyl (C=O) groups is 10. The van der Waals surface area contributed by atoms with E-state index in [9.17, 15) is 47.9 Å². The first kappa shape index (κ1) is 103. The molecular weight excluding hydrogens is 1320 g/mol. The third-order valence-electron chi connectivity index (χ3n) is 11.8. The Morgan fingerprint density at radius 2 is 0.745 bits per heavy atom. The van der Waals surface area contributed by atoms with Crippen LogP contribution in [0.3, 0.4) is 0 Å². The zero-order valence-corrected chi connectivity index (χ0v) is 61.3. The molecule has 3 N–H and O–H groups in total. The molecule has 2 aromatic carbocycles. The van der Waals surface area contributed by atoms with E-state index in [1.54, 1.807) is 13.8 Å². The van der Waals surface area contributed by atoms with Gasteiger partial charge in [-0.2, -0.15) is 0 Å². The molecule has 102 heavy (non-hydrogen) atoms. The van der Waals surface area contributed by atoms with Gasteiger partial charge in [0, 0.05) is 71.8 Å². The highest BCUT2D eigenvalue weighted by atomic mass is 16.6. The summed E-state index contributed by atoms with van der Waals surface area (Å²) >= 11 is 0. The minimum atomic E-state index is -0.501. The van der Waals surface area contributed by atoms with Gasteiger partial charge in [0.05, 0.1) is 59.5 Å². The molecule has 1 unspecified atom stereocenters. The van der Waals surface area contributed by atoms with Gasteiger partial charge in [0.1, 0.15) is 32.2 Å². The number of unbranched alkanes of at least 4 members (excludes halogenated alkanes) is 8. The van der Waals surface area contributed by atoms with E-state index in [1.165, 1.54) is 18.9 Å². The van der Waals surface area contributed by atoms with Crippen LogP contribution in [-0.4, -0.2) is 161 Å². The second-order valence-corrected chi connectivity index (χ2v) is 21.5. The topological polar surface area (TPSA) is 333 Å². The number of rotatable bonds is 45. The van der Waals surface area contributed by atoms with Crippen LogP contribution in [0.1, 0.15) is 137 Å². The number of hydrogen-bond acceptors (Lipinski definition) is 24. The Morgan fingerprint density at radius 1 is 0.402 bits per heavy atom. The Balaban J connectivity index is -0.000000261. The molecule has 0 fully saturated rings. The van der Waals surface area contributed by atoms with Gasteiger partial charge in [0.15, 0.2) is 0 Å². The van der Waals surface area contributed by atoms with Crippen molar-refractivity contribution in [1.82, 2.24) is 0 Å². The summed E-state index contributed by atoms with van der Waals surface area (Å²) in [5.41, 5.74) is 1.45. The largest absolute Gasteiger partial charge is 0.490 e. The molecule has 0 aliphatic carbocycles. The van der Waals surface area contributed by atoms with Crippen LogP contribution in [0.25, 0.3) is 0 Å². The van der Waals surface area contributed by atoms with Crippen molar-refractivity contribution in [3.05, 3.63) is 192 Å². The Bertz CT molecular complexity index is 2620. The molecule has 572 valence electrons. The van der Waals surface area contributed by atoms with Crippen LogP contribution < -0.4 is 4.74 Å². The molecule has 0 aliphatic heterocycles. The van der Waals surface area contributed by atoms with Gasteiger partial charge in [-0.1, -0.05) is 161 Å². The maximum Gasteiger partial charge on any atom is 0.333 e. The van der Waals surface area contributed by atoms with Gasteiger partial charge in [-0.3, -0.25) is 0 Å². The summed E-state index contributed by atoms with van der Waals surface area (Å²) < 4.78 is 53.0. The summed E-state index contributed by atoms with van der Waals surface area (Å²) in [6.45, 7) is 48.0. The lowest BCUT2D eigenvalue weighted by molar-refractivity contribution is -0.142. The first-order chi connectivity index (χ1) is 48.7. The molecule has 0 heterocycles. The maximum atomic E-state index is 11.0. The molecular formula is C78H116O24. The summed E-state index contributed by atoms with van der Waals surface area (Å²) in [5.74, 6) is -2.67. The van der Waals surface area contributed by atoms with Crippen molar-refractivity contribution >= 4 is 59.7 Å². The molecule has 0 amide bonds. The molecule has 0 bridgehead atoms. The number of aliphatic hydroxyl groups excluding tert-OH is 3. The van der Waals surface area contributed by atoms with Crippen molar-refractivity contribution in [1.29, 1.82) is 0 Å². The monoisotopic (exact) mass is 1440 g/mol. The molecule has 0 radical (unpaired) electrons. The van der Waals surface area contributed by atoms with Crippen molar-refractivity contribution in [2.75, 3.05) is 85.9 Å². The molecule has 24 heteroatoms. The maximum absolute atomic E-state index is 11.0. The van der Waals surface area contributed by atoms with Gasteiger partial charge in [-0.05, 0) is 108 Å². The van der Waals surface area contributed by atoms with E-state index in [2.05, 4.69) is 89.1 Å². The molecule has 0 aromatic heterocycles. The fourth-order valence-electron chi connectivity index (χ4n) is 6.00. The van der Waals surface area contributed by atoms with Crippen molar-refractivity contribution < 1.29 is 115 Å². The number of ether oxygens (including phenoxy) is 11. The van der Waals surface area contributed by atoms with E-state index in [0.29, 0.717) is 82.8 Å². The minimum absolute atomic E-state index is 0.00256. The normalized spacial score (nSPS) is 9.70. The highest BCUT2D eigenvalue weighted by Crippen LogP contribution is 2.15. The molecule has 0 spiro atoms. The summed E-state index contributed by atoms with van der Waals surface area (Å²) in [6, 6.07) is 18.9. The highest BCUT2D eigenvalue weighted by molar-refractivity contribution is 5.87. The zero-order chi connectivity index (χ0) is 78.5. The number of benzene rings is 2.